The summed E-state index contributed by atoms with van der Waals surface area (Å²) < 4.78 is 2.96. The fourth-order valence-corrected chi connectivity index (χ4v) is 4.04. The van der Waals surface area contributed by atoms with E-state index in [9.17, 15) is 9.90 Å². The first kappa shape index (κ1) is 15.5. The van der Waals surface area contributed by atoms with Crippen LogP contribution in [-0.2, 0) is 24.2 Å². The van der Waals surface area contributed by atoms with Crippen LogP contribution in [0.15, 0.2) is 4.47 Å². The fourth-order valence-electron chi connectivity index (χ4n) is 3.33. The summed E-state index contributed by atoms with van der Waals surface area (Å²) in [5, 5.41) is 14.3. The van der Waals surface area contributed by atoms with Crippen molar-refractivity contribution >= 4 is 21.9 Å². The Bertz CT molecular complexity index is 512. The number of aliphatic carboxylic acids is 1. The van der Waals surface area contributed by atoms with Crippen molar-refractivity contribution in [3.8, 4) is 0 Å². The minimum atomic E-state index is -0.657. The zero-order valence-electron chi connectivity index (χ0n) is 12.4. The Kier molecular flexibility index (Phi) is 4.57. The number of aryl methyl sites for hydroxylation is 2. The lowest BCUT2D eigenvalue weighted by molar-refractivity contribution is -0.148. The maximum Gasteiger partial charge on any atom is 0.310 e. The molecule has 1 aliphatic carbocycles. The Hall–Kier alpha value is -0.840. The van der Waals surface area contributed by atoms with Gasteiger partial charge in [0.05, 0.1) is 21.3 Å². The van der Waals surface area contributed by atoms with Crippen molar-refractivity contribution in [3.63, 3.8) is 0 Å². The van der Waals surface area contributed by atoms with Gasteiger partial charge in [0, 0.05) is 13.0 Å². The number of rotatable bonds is 5. The smallest absolute Gasteiger partial charge is 0.310 e. The minimum Gasteiger partial charge on any atom is -0.481 e. The molecule has 1 aliphatic rings. The molecule has 20 heavy (non-hydrogen) atoms. The number of halogens is 1. The Balaban J connectivity index is 2.37. The molecule has 2 atom stereocenters. The van der Waals surface area contributed by atoms with Crippen molar-refractivity contribution in [1.29, 1.82) is 0 Å². The number of hydrogen-bond donors (Lipinski definition) is 1. The first-order valence-electron chi connectivity index (χ1n) is 7.41. The second-order valence-electron chi connectivity index (χ2n) is 5.99. The van der Waals surface area contributed by atoms with E-state index in [1.54, 1.807) is 0 Å². The Morgan fingerprint density at radius 3 is 2.70 bits per heavy atom. The van der Waals surface area contributed by atoms with Gasteiger partial charge in [-0.15, -0.1) is 0 Å². The predicted octanol–water partition coefficient (Wildman–Crippen LogP) is 3.66. The molecule has 2 unspecified atom stereocenters. The van der Waals surface area contributed by atoms with Crippen LogP contribution in [0.3, 0.4) is 0 Å². The van der Waals surface area contributed by atoms with Gasteiger partial charge >= 0.3 is 5.97 Å². The van der Waals surface area contributed by atoms with Crippen LogP contribution in [0, 0.1) is 11.3 Å². The summed E-state index contributed by atoms with van der Waals surface area (Å²) >= 11 is 3.62. The summed E-state index contributed by atoms with van der Waals surface area (Å²) in [6.07, 6.45) is 3.98. The van der Waals surface area contributed by atoms with Crippen LogP contribution in [0.5, 0.6) is 0 Å². The maximum atomic E-state index is 11.8. The predicted molar refractivity (Wildman–Crippen MR) is 81.8 cm³/mol. The average Bonchev–Trinajstić information content (AvgIpc) is 2.93. The van der Waals surface area contributed by atoms with E-state index < -0.39 is 11.4 Å². The first-order valence-corrected chi connectivity index (χ1v) is 8.20. The summed E-state index contributed by atoms with van der Waals surface area (Å²) in [6.45, 7) is 7.04. The van der Waals surface area contributed by atoms with Crippen LogP contribution in [-0.4, -0.2) is 20.9 Å². The molecule has 0 bridgehead atoms. The van der Waals surface area contributed by atoms with Crippen LogP contribution < -0.4 is 0 Å². The molecule has 0 aliphatic heterocycles. The molecular formula is C15H23BrN2O2. The van der Waals surface area contributed by atoms with Crippen molar-refractivity contribution in [1.82, 2.24) is 9.78 Å². The van der Waals surface area contributed by atoms with Crippen molar-refractivity contribution < 1.29 is 9.90 Å². The van der Waals surface area contributed by atoms with Gasteiger partial charge in [0.1, 0.15) is 0 Å². The highest BCUT2D eigenvalue weighted by Gasteiger charge is 2.45. The van der Waals surface area contributed by atoms with E-state index in [-0.39, 0.29) is 0 Å². The number of carboxylic acid groups (broad SMARTS) is 1. The third-order valence-corrected chi connectivity index (χ3v) is 5.42. The van der Waals surface area contributed by atoms with Crippen molar-refractivity contribution in [2.45, 2.75) is 59.4 Å². The highest BCUT2D eigenvalue weighted by atomic mass is 79.9. The molecular weight excluding hydrogens is 320 g/mol. The van der Waals surface area contributed by atoms with Gasteiger partial charge in [0.25, 0.3) is 0 Å². The monoisotopic (exact) mass is 342 g/mol. The topological polar surface area (TPSA) is 55.1 Å². The highest BCUT2D eigenvalue weighted by Crippen LogP contribution is 2.45. The lowest BCUT2D eigenvalue weighted by atomic mass is 9.80. The molecule has 0 radical (unpaired) electrons. The van der Waals surface area contributed by atoms with Gasteiger partial charge in [0.15, 0.2) is 0 Å². The van der Waals surface area contributed by atoms with Gasteiger partial charge in [-0.3, -0.25) is 9.48 Å². The first-order chi connectivity index (χ1) is 9.43. The van der Waals surface area contributed by atoms with Crippen molar-refractivity contribution in [3.05, 3.63) is 15.9 Å². The van der Waals surface area contributed by atoms with Crippen LogP contribution in [0.4, 0.5) is 0 Å². The van der Waals surface area contributed by atoms with Gasteiger partial charge < -0.3 is 5.11 Å². The molecule has 112 valence electrons. The molecule has 0 amide bonds. The molecule has 1 fully saturated rings. The minimum absolute atomic E-state index is 0.494. The summed E-state index contributed by atoms with van der Waals surface area (Å²) in [5.74, 6) is -0.163. The average molecular weight is 343 g/mol. The molecule has 5 heteroatoms. The van der Waals surface area contributed by atoms with Crippen LogP contribution in [0.25, 0.3) is 0 Å². The van der Waals surface area contributed by atoms with E-state index in [4.69, 9.17) is 0 Å². The quantitative estimate of drug-likeness (QED) is 0.888. The van der Waals surface area contributed by atoms with Gasteiger partial charge in [-0.05, 0) is 54.5 Å². The maximum absolute atomic E-state index is 11.8. The molecule has 2 rings (SSSR count). The van der Waals surface area contributed by atoms with E-state index >= 15 is 0 Å². The van der Waals surface area contributed by atoms with E-state index in [0.717, 1.165) is 48.1 Å². The number of carboxylic acids is 1. The van der Waals surface area contributed by atoms with Gasteiger partial charge in [-0.25, -0.2) is 0 Å². The fraction of sp³-hybridized carbons (Fsp3) is 0.733. The SMILES string of the molecule is CCc1nn(CC)c(CC2(C(=O)O)CCC(C)C2)c1Br. The lowest BCUT2D eigenvalue weighted by Gasteiger charge is -2.24. The summed E-state index contributed by atoms with van der Waals surface area (Å²) in [5.41, 5.74) is 1.45. The molecule has 1 heterocycles. The largest absolute Gasteiger partial charge is 0.481 e. The highest BCUT2D eigenvalue weighted by molar-refractivity contribution is 9.10. The third-order valence-electron chi connectivity index (χ3n) is 4.51. The van der Waals surface area contributed by atoms with Crippen LogP contribution >= 0.6 is 15.9 Å². The molecule has 1 aromatic heterocycles. The molecule has 4 nitrogen and oxygen atoms in total. The molecule has 1 aromatic rings. The molecule has 1 N–H and O–H groups in total. The number of carbonyl (C=O) groups is 1. The van der Waals surface area contributed by atoms with E-state index in [1.807, 2.05) is 11.6 Å². The Labute approximate surface area is 128 Å². The second kappa shape index (κ2) is 5.88. The Morgan fingerprint density at radius 2 is 2.25 bits per heavy atom. The van der Waals surface area contributed by atoms with E-state index in [1.165, 1.54) is 0 Å². The molecule has 1 saturated carbocycles. The number of hydrogen-bond acceptors (Lipinski definition) is 2. The van der Waals surface area contributed by atoms with Gasteiger partial charge in [0.2, 0.25) is 0 Å². The molecule has 0 saturated heterocycles. The van der Waals surface area contributed by atoms with Gasteiger partial charge in [-0.2, -0.15) is 5.10 Å². The zero-order valence-corrected chi connectivity index (χ0v) is 14.0. The third kappa shape index (κ3) is 2.65. The van der Waals surface area contributed by atoms with E-state index in [0.29, 0.717) is 12.3 Å². The standard InChI is InChI=1S/C15H23BrN2O2/c1-4-11-13(16)12(18(5-2)17-11)9-15(14(19)20)7-6-10(3)8-15/h10H,4-9H2,1-3H3,(H,19,20). The molecule has 0 spiro atoms. The second-order valence-corrected chi connectivity index (χ2v) is 6.78. The van der Waals surface area contributed by atoms with Crippen LogP contribution in [0.1, 0.15) is 51.4 Å². The zero-order chi connectivity index (χ0) is 14.9. The number of nitrogens with zero attached hydrogens (tertiary/aromatic N) is 2. The van der Waals surface area contributed by atoms with Crippen LogP contribution in [0.2, 0.25) is 0 Å². The van der Waals surface area contributed by atoms with Gasteiger partial charge in [-0.1, -0.05) is 13.8 Å². The van der Waals surface area contributed by atoms with Crippen molar-refractivity contribution in [2.75, 3.05) is 0 Å². The normalized spacial score (nSPS) is 26.1. The van der Waals surface area contributed by atoms with Crippen molar-refractivity contribution in [2.24, 2.45) is 11.3 Å². The Morgan fingerprint density at radius 1 is 1.55 bits per heavy atom. The lowest BCUT2D eigenvalue weighted by Crippen LogP contribution is -2.31. The van der Waals surface area contributed by atoms with E-state index in [2.05, 4.69) is 34.9 Å². The summed E-state index contributed by atoms with van der Waals surface area (Å²) in [7, 11) is 0. The molecule has 0 aromatic carbocycles. The number of aromatic nitrogens is 2. The summed E-state index contributed by atoms with van der Waals surface area (Å²) in [6, 6.07) is 0. The summed E-state index contributed by atoms with van der Waals surface area (Å²) in [4.78, 5) is 11.8.